The smallest absolute Gasteiger partial charge is 0.122 e. The second kappa shape index (κ2) is 8.20. The summed E-state index contributed by atoms with van der Waals surface area (Å²) < 4.78 is 10.5. The first-order valence-corrected chi connectivity index (χ1v) is 6.33. The molecule has 0 aliphatic carbocycles. The summed E-state index contributed by atoms with van der Waals surface area (Å²) in [5.41, 5.74) is 1.16. The van der Waals surface area contributed by atoms with Crippen LogP contribution in [0.25, 0.3) is 0 Å². The maximum Gasteiger partial charge on any atom is 0.122 e. The summed E-state index contributed by atoms with van der Waals surface area (Å²) in [5, 5.41) is 3.34. The summed E-state index contributed by atoms with van der Waals surface area (Å²) in [6, 6.07) is 5.86. The lowest BCUT2D eigenvalue weighted by molar-refractivity contribution is 0.398. The van der Waals surface area contributed by atoms with E-state index in [1.807, 2.05) is 18.2 Å². The summed E-state index contributed by atoms with van der Waals surface area (Å²) in [6.45, 7) is 1.87. The predicted molar refractivity (Wildman–Crippen MR) is 71.5 cm³/mol. The van der Waals surface area contributed by atoms with Crippen LogP contribution in [0.1, 0.15) is 12.0 Å². The lowest BCUT2D eigenvalue weighted by Crippen LogP contribution is -2.19. The molecule has 0 fully saturated rings. The van der Waals surface area contributed by atoms with Gasteiger partial charge in [-0.2, -0.15) is 0 Å². The van der Waals surface area contributed by atoms with Gasteiger partial charge in [0.25, 0.3) is 0 Å². The minimum absolute atomic E-state index is 0.704. The Morgan fingerprint density at radius 2 is 2.00 bits per heavy atom. The van der Waals surface area contributed by atoms with Gasteiger partial charge in [0.1, 0.15) is 11.5 Å². The monoisotopic (exact) mass is 257 g/mol. The molecule has 17 heavy (non-hydrogen) atoms. The lowest BCUT2D eigenvalue weighted by Gasteiger charge is -2.10. The van der Waals surface area contributed by atoms with E-state index in [2.05, 4.69) is 5.32 Å². The first-order chi connectivity index (χ1) is 8.31. The van der Waals surface area contributed by atoms with Crippen molar-refractivity contribution in [1.82, 2.24) is 5.32 Å². The van der Waals surface area contributed by atoms with Gasteiger partial charge in [0.05, 0.1) is 14.2 Å². The molecule has 0 radical (unpaired) electrons. The van der Waals surface area contributed by atoms with Crippen LogP contribution in [0.4, 0.5) is 0 Å². The Bertz CT molecular complexity index is 331. The van der Waals surface area contributed by atoms with Gasteiger partial charge in [0.2, 0.25) is 0 Å². The Morgan fingerprint density at radius 3 is 2.65 bits per heavy atom. The standard InChI is InChI=1S/C13H20ClNO2/c1-16-12-4-5-13(17-2)11(10-12)6-9-15-8-3-7-14/h4-5,10,15H,3,6-9H2,1-2H3. The van der Waals surface area contributed by atoms with Gasteiger partial charge in [-0.1, -0.05) is 0 Å². The zero-order valence-corrected chi connectivity index (χ0v) is 11.2. The van der Waals surface area contributed by atoms with Crippen LogP contribution < -0.4 is 14.8 Å². The summed E-state index contributed by atoms with van der Waals surface area (Å²) in [6.07, 6.45) is 1.92. The molecule has 0 aliphatic heterocycles. The van der Waals surface area contributed by atoms with E-state index in [1.54, 1.807) is 14.2 Å². The molecule has 0 aliphatic rings. The van der Waals surface area contributed by atoms with Crippen molar-refractivity contribution in [3.8, 4) is 11.5 Å². The highest BCUT2D eigenvalue weighted by atomic mass is 35.5. The first kappa shape index (κ1) is 14.1. The normalized spacial score (nSPS) is 10.3. The fourth-order valence-corrected chi connectivity index (χ4v) is 1.75. The molecule has 0 atom stereocenters. The molecule has 0 spiro atoms. The van der Waals surface area contributed by atoms with Crippen LogP contribution in [0.2, 0.25) is 0 Å². The number of methoxy groups -OCH3 is 2. The van der Waals surface area contributed by atoms with Gasteiger partial charge in [0.15, 0.2) is 0 Å². The third kappa shape index (κ3) is 4.84. The van der Waals surface area contributed by atoms with Crippen LogP contribution in [0.3, 0.4) is 0 Å². The molecule has 0 heterocycles. The van der Waals surface area contributed by atoms with Crippen molar-refractivity contribution in [3.63, 3.8) is 0 Å². The molecular formula is C13H20ClNO2. The van der Waals surface area contributed by atoms with E-state index in [0.29, 0.717) is 5.88 Å². The van der Waals surface area contributed by atoms with Crippen LogP contribution in [0, 0.1) is 0 Å². The van der Waals surface area contributed by atoms with Crippen LogP contribution >= 0.6 is 11.6 Å². The van der Waals surface area contributed by atoms with Gasteiger partial charge >= 0.3 is 0 Å². The molecule has 0 aromatic heterocycles. The molecule has 96 valence electrons. The van der Waals surface area contributed by atoms with Crippen molar-refractivity contribution in [2.24, 2.45) is 0 Å². The minimum atomic E-state index is 0.704. The second-order valence-electron chi connectivity index (χ2n) is 3.72. The largest absolute Gasteiger partial charge is 0.497 e. The van der Waals surface area contributed by atoms with Gasteiger partial charge in [-0.05, 0) is 49.7 Å². The van der Waals surface area contributed by atoms with E-state index in [0.717, 1.165) is 43.0 Å². The Labute approximate surface area is 108 Å². The van der Waals surface area contributed by atoms with Crippen molar-refractivity contribution in [2.75, 3.05) is 33.2 Å². The molecule has 0 amide bonds. The van der Waals surface area contributed by atoms with Crippen molar-refractivity contribution in [3.05, 3.63) is 23.8 Å². The molecule has 1 aromatic carbocycles. The molecular weight excluding hydrogens is 238 g/mol. The average molecular weight is 258 g/mol. The molecule has 1 N–H and O–H groups in total. The van der Waals surface area contributed by atoms with Crippen molar-refractivity contribution in [1.29, 1.82) is 0 Å². The van der Waals surface area contributed by atoms with E-state index >= 15 is 0 Å². The highest BCUT2D eigenvalue weighted by molar-refractivity contribution is 6.17. The molecule has 0 saturated carbocycles. The molecule has 1 rings (SSSR count). The van der Waals surface area contributed by atoms with Crippen molar-refractivity contribution >= 4 is 11.6 Å². The van der Waals surface area contributed by atoms with Gasteiger partial charge in [-0.3, -0.25) is 0 Å². The highest BCUT2D eigenvalue weighted by Gasteiger charge is 2.04. The molecule has 0 bridgehead atoms. The quantitative estimate of drug-likeness (QED) is 0.573. The number of ether oxygens (including phenoxy) is 2. The first-order valence-electron chi connectivity index (χ1n) is 5.79. The second-order valence-corrected chi connectivity index (χ2v) is 4.10. The number of alkyl halides is 1. The molecule has 0 unspecified atom stereocenters. The van der Waals surface area contributed by atoms with E-state index in [9.17, 15) is 0 Å². The number of hydrogen-bond donors (Lipinski definition) is 1. The number of halogens is 1. The van der Waals surface area contributed by atoms with Gasteiger partial charge < -0.3 is 14.8 Å². The molecule has 3 nitrogen and oxygen atoms in total. The zero-order valence-electron chi connectivity index (χ0n) is 10.5. The maximum atomic E-state index is 5.61. The van der Waals surface area contributed by atoms with Crippen LogP contribution in [0.5, 0.6) is 11.5 Å². The number of rotatable bonds is 8. The average Bonchev–Trinajstić information content (AvgIpc) is 2.38. The number of hydrogen-bond acceptors (Lipinski definition) is 3. The van der Waals surface area contributed by atoms with Crippen LogP contribution in [-0.4, -0.2) is 33.2 Å². The zero-order chi connectivity index (χ0) is 12.5. The summed E-state index contributed by atoms with van der Waals surface area (Å²) >= 11 is 5.61. The lowest BCUT2D eigenvalue weighted by atomic mass is 10.1. The third-order valence-electron chi connectivity index (χ3n) is 2.55. The summed E-state index contributed by atoms with van der Waals surface area (Å²) in [4.78, 5) is 0. The third-order valence-corrected chi connectivity index (χ3v) is 2.81. The maximum absolute atomic E-state index is 5.61. The van der Waals surface area contributed by atoms with Crippen molar-refractivity contribution < 1.29 is 9.47 Å². The van der Waals surface area contributed by atoms with E-state index in [4.69, 9.17) is 21.1 Å². The Balaban J connectivity index is 2.49. The van der Waals surface area contributed by atoms with E-state index in [1.165, 1.54) is 0 Å². The Hall–Kier alpha value is -0.930. The fourth-order valence-electron chi connectivity index (χ4n) is 1.62. The molecule has 4 heteroatoms. The van der Waals surface area contributed by atoms with Gasteiger partial charge in [-0.25, -0.2) is 0 Å². The minimum Gasteiger partial charge on any atom is -0.497 e. The van der Waals surface area contributed by atoms with Crippen LogP contribution in [-0.2, 0) is 6.42 Å². The number of benzene rings is 1. The SMILES string of the molecule is COc1ccc(OC)c(CCNCCCCl)c1. The van der Waals surface area contributed by atoms with Crippen molar-refractivity contribution in [2.45, 2.75) is 12.8 Å². The predicted octanol–water partition coefficient (Wildman–Crippen LogP) is 2.46. The highest BCUT2D eigenvalue weighted by Crippen LogP contribution is 2.23. The number of nitrogens with one attached hydrogen (secondary N) is 1. The Morgan fingerprint density at radius 1 is 1.18 bits per heavy atom. The van der Waals surface area contributed by atoms with Crippen LogP contribution in [0.15, 0.2) is 18.2 Å². The topological polar surface area (TPSA) is 30.5 Å². The molecule has 0 saturated heterocycles. The van der Waals surface area contributed by atoms with Gasteiger partial charge in [0, 0.05) is 5.88 Å². The Kier molecular flexibility index (Phi) is 6.82. The van der Waals surface area contributed by atoms with E-state index in [-0.39, 0.29) is 0 Å². The fraction of sp³-hybridized carbons (Fsp3) is 0.538. The molecule has 1 aromatic rings. The summed E-state index contributed by atoms with van der Waals surface area (Å²) in [7, 11) is 3.36. The summed E-state index contributed by atoms with van der Waals surface area (Å²) in [5.74, 6) is 2.47. The van der Waals surface area contributed by atoms with Gasteiger partial charge in [-0.15, -0.1) is 11.6 Å². The van der Waals surface area contributed by atoms with E-state index < -0.39 is 0 Å².